The van der Waals surface area contributed by atoms with Gasteiger partial charge >= 0.3 is 12.1 Å². The van der Waals surface area contributed by atoms with E-state index in [0.29, 0.717) is 0 Å². The Morgan fingerprint density at radius 3 is 1.86 bits per heavy atom. The average molecular weight is 213 g/mol. The second-order valence-electron chi connectivity index (χ2n) is 2.74. The van der Waals surface area contributed by atoms with Crippen molar-refractivity contribution in [1.82, 2.24) is 5.32 Å². The highest BCUT2D eigenvalue weighted by Gasteiger charge is 2.60. The van der Waals surface area contributed by atoms with E-state index < -0.39 is 30.0 Å². The van der Waals surface area contributed by atoms with Crippen molar-refractivity contribution in [2.45, 2.75) is 32.0 Å². The molecular weight excluding hydrogens is 203 g/mol. The molecule has 1 atom stereocenters. The Balaban J connectivity index is 5.20. The van der Waals surface area contributed by atoms with Crippen LogP contribution in [-0.2, 0) is 9.59 Å². The molecule has 2 N–H and O–H groups in total. The van der Waals surface area contributed by atoms with Gasteiger partial charge in [0.2, 0.25) is 11.4 Å². The number of amides is 1. The summed E-state index contributed by atoms with van der Waals surface area (Å²) >= 11 is 0. The minimum absolute atomic E-state index is 0.759. The van der Waals surface area contributed by atoms with Gasteiger partial charge in [0.25, 0.3) is 0 Å². The van der Waals surface area contributed by atoms with Crippen molar-refractivity contribution in [3.8, 4) is 0 Å². The van der Waals surface area contributed by atoms with E-state index >= 15 is 0 Å². The van der Waals surface area contributed by atoms with Gasteiger partial charge in [-0.2, -0.15) is 13.2 Å². The van der Waals surface area contributed by atoms with Gasteiger partial charge in [0, 0.05) is 6.92 Å². The first-order valence-corrected chi connectivity index (χ1v) is 3.76. The quantitative estimate of drug-likeness (QED) is 0.732. The SMILES string of the molecule is CCC(NC(C)=O)(C(=O)O)C(F)(F)F. The minimum Gasteiger partial charge on any atom is -0.479 e. The van der Waals surface area contributed by atoms with E-state index in [2.05, 4.69) is 0 Å². The Morgan fingerprint density at radius 2 is 1.79 bits per heavy atom. The average Bonchev–Trinajstić information content (AvgIpc) is 1.96. The predicted molar refractivity (Wildman–Crippen MR) is 40.5 cm³/mol. The number of halogens is 3. The van der Waals surface area contributed by atoms with E-state index in [4.69, 9.17) is 5.11 Å². The first kappa shape index (κ1) is 12.7. The molecule has 0 radical (unpaired) electrons. The van der Waals surface area contributed by atoms with Crippen molar-refractivity contribution in [2.75, 3.05) is 0 Å². The number of nitrogens with one attached hydrogen (secondary N) is 1. The third kappa shape index (κ3) is 2.15. The summed E-state index contributed by atoms with van der Waals surface area (Å²) in [5.74, 6) is -3.14. The lowest BCUT2D eigenvalue weighted by Crippen LogP contribution is -2.63. The number of hydrogen-bond acceptors (Lipinski definition) is 2. The molecule has 0 spiro atoms. The van der Waals surface area contributed by atoms with Gasteiger partial charge in [-0.05, 0) is 6.42 Å². The van der Waals surface area contributed by atoms with Crippen molar-refractivity contribution in [2.24, 2.45) is 0 Å². The Bertz CT molecular complexity index is 251. The molecule has 0 aliphatic rings. The zero-order chi connectivity index (χ0) is 11.6. The fourth-order valence-corrected chi connectivity index (χ4v) is 0.986. The van der Waals surface area contributed by atoms with Crippen LogP contribution in [-0.4, -0.2) is 28.7 Å². The summed E-state index contributed by atoms with van der Waals surface area (Å²) in [5, 5.41) is 9.89. The molecule has 0 bridgehead atoms. The molecule has 0 saturated heterocycles. The van der Waals surface area contributed by atoms with Crippen LogP contribution in [0.15, 0.2) is 0 Å². The number of rotatable bonds is 3. The molecule has 0 rings (SSSR count). The van der Waals surface area contributed by atoms with Crippen LogP contribution in [0.1, 0.15) is 20.3 Å². The molecule has 0 fully saturated rings. The van der Waals surface area contributed by atoms with E-state index in [1.807, 2.05) is 0 Å². The van der Waals surface area contributed by atoms with Crippen LogP contribution >= 0.6 is 0 Å². The van der Waals surface area contributed by atoms with Crippen molar-refractivity contribution in [1.29, 1.82) is 0 Å². The summed E-state index contributed by atoms with van der Waals surface area (Å²) in [7, 11) is 0. The number of carboxylic acids is 1. The van der Waals surface area contributed by atoms with Gasteiger partial charge in [0.05, 0.1) is 0 Å². The standard InChI is InChI=1S/C7H10F3NO3/c1-3-6(5(13)14,7(8,9)10)11-4(2)12/h3H2,1-2H3,(H,11,12)(H,13,14). The van der Waals surface area contributed by atoms with Gasteiger partial charge < -0.3 is 10.4 Å². The van der Waals surface area contributed by atoms with Crippen LogP contribution in [0, 0.1) is 0 Å². The highest BCUT2D eigenvalue weighted by molar-refractivity contribution is 5.86. The maximum absolute atomic E-state index is 12.4. The van der Waals surface area contributed by atoms with Crippen LogP contribution in [0.2, 0.25) is 0 Å². The third-order valence-corrected chi connectivity index (χ3v) is 1.77. The van der Waals surface area contributed by atoms with E-state index in [9.17, 15) is 22.8 Å². The Kier molecular flexibility index (Phi) is 3.50. The second kappa shape index (κ2) is 3.85. The molecule has 0 heterocycles. The van der Waals surface area contributed by atoms with Gasteiger partial charge in [-0.15, -0.1) is 0 Å². The molecule has 1 unspecified atom stereocenters. The Labute approximate surface area is 78.1 Å². The number of alkyl halides is 3. The van der Waals surface area contributed by atoms with Crippen molar-refractivity contribution >= 4 is 11.9 Å². The normalized spacial score (nSPS) is 15.8. The topological polar surface area (TPSA) is 66.4 Å². The molecule has 0 aromatic carbocycles. The van der Waals surface area contributed by atoms with Gasteiger partial charge in [-0.1, -0.05) is 6.92 Å². The molecule has 82 valence electrons. The summed E-state index contributed by atoms with van der Waals surface area (Å²) in [5.41, 5.74) is -3.18. The van der Waals surface area contributed by atoms with Gasteiger partial charge in [-0.3, -0.25) is 4.79 Å². The fraction of sp³-hybridized carbons (Fsp3) is 0.714. The number of carbonyl (C=O) groups excluding carboxylic acids is 1. The molecule has 1 amide bonds. The maximum Gasteiger partial charge on any atom is 0.422 e. The lowest BCUT2D eigenvalue weighted by molar-refractivity contribution is -0.211. The van der Waals surface area contributed by atoms with E-state index in [1.54, 1.807) is 0 Å². The zero-order valence-electron chi connectivity index (χ0n) is 7.60. The molecule has 0 aromatic heterocycles. The molecule has 0 aliphatic carbocycles. The molecule has 14 heavy (non-hydrogen) atoms. The lowest BCUT2D eigenvalue weighted by Gasteiger charge is -2.30. The minimum atomic E-state index is -5.01. The summed E-state index contributed by atoms with van der Waals surface area (Å²) in [6, 6.07) is 0. The van der Waals surface area contributed by atoms with Crippen LogP contribution < -0.4 is 5.32 Å². The monoisotopic (exact) mass is 213 g/mol. The van der Waals surface area contributed by atoms with Crippen LogP contribution in [0.5, 0.6) is 0 Å². The summed E-state index contributed by atoms with van der Waals surface area (Å²) in [6.07, 6.45) is -5.77. The molecule has 0 aliphatic heterocycles. The van der Waals surface area contributed by atoms with Gasteiger partial charge in [-0.25, -0.2) is 4.79 Å². The molecule has 7 heteroatoms. The van der Waals surface area contributed by atoms with Crippen LogP contribution in [0.25, 0.3) is 0 Å². The highest BCUT2D eigenvalue weighted by atomic mass is 19.4. The Morgan fingerprint density at radius 1 is 1.36 bits per heavy atom. The van der Waals surface area contributed by atoms with Crippen molar-refractivity contribution < 1.29 is 27.9 Å². The summed E-state index contributed by atoms with van der Waals surface area (Å²) in [6.45, 7) is 1.87. The third-order valence-electron chi connectivity index (χ3n) is 1.77. The number of hydrogen-bond donors (Lipinski definition) is 2. The molecular formula is C7H10F3NO3. The largest absolute Gasteiger partial charge is 0.479 e. The summed E-state index contributed by atoms with van der Waals surface area (Å²) in [4.78, 5) is 21.0. The van der Waals surface area contributed by atoms with Crippen LogP contribution in [0.3, 0.4) is 0 Å². The Hall–Kier alpha value is -1.27. The predicted octanol–water partition coefficient (Wildman–Crippen LogP) is 0.918. The molecule has 0 aromatic rings. The number of aliphatic carboxylic acids is 1. The smallest absolute Gasteiger partial charge is 0.422 e. The number of carboxylic acid groups (broad SMARTS) is 1. The lowest BCUT2D eigenvalue weighted by atomic mass is 9.95. The molecule has 4 nitrogen and oxygen atoms in total. The maximum atomic E-state index is 12.4. The number of carbonyl (C=O) groups is 2. The highest BCUT2D eigenvalue weighted by Crippen LogP contribution is 2.33. The van der Waals surface area contributed by atoms with E-state index in [0.717, 1.165) is 13.8 Å². The van der Waals surface area contributed by atoms with Crippen LogP contribution in [0.4, 0.5) is 13.2 Å². The van der Waals surface area contributed by atoms with Crippen molar-refractivity contribution in [3.63, 3.8) is 0 Å². The van der Waals surface area contributed by atoms with E-state index in [-0.39, 0.29) is 0 Å². The zero-order valence-corrected chi connectivity index (χ0v) is 7.60. The fourth-order valence-electron chi connectivity index (χ4n) is 0.986. The van der Waals surface area contributed by atoms with Gasteiger partial charge in [0.1, 0.15) is 0 Å². The first-order chi connectivity index (χ1) is 6.17. The summed E-state index contributed by atoms with van der Waals surface area (Å²) < 4.78 is 37.2. The molecule has 0 saturated carbocycles. The van der Waals surface area contributed by atoms with Gasteiger partial charge in [0.15, 0.2) is 0 Å². The van der Waals surface area contributed by atoms with E-state index in [1.165, 1.54) is 5.32 Å². The first-order valence-electron chi connectivity index (χ1n) is 3.76. The van der Waals surface area contributed by atoms with Crippen molar-refractivity contribution in [3.05, 3.63) is 0 Å². The second-order valence-corrected chi connectivity index (χ2v) is 2.74.